The van der Waals surface area contributed by atoms with Gasteiger partial charge in [-0.2, -0.15) is 5.26 Å². The molecule has 3 nitrogen and oxygen atoms in total. The summed E-state index contributed by atoms with van der Waals surface area (Å²) < 4.78 is 4.98. The summed E-state index contributed by atoms with van der Waals surface area (Å²) in [6, 6.07) is 28.7. The van der Waals surface area contributed by atoms with Crippen LogP contribution in [0.4, 0.5) is 0 Å². The van der Waals surface area contributed by atoms with Gasteiger partial charge in [0.2, 0.25) is 0 Å². The molecule has 34 heavy (non-hydrogen) atoms. The number of rotatable bonds is 2. The Morgan fingerprint density at radius 1 is 0.676 bits per heavy atom. The highest BCUT2D eigenvalue weighted by molar-refractivity contribution is 6.08. The van der Waals surface area contributed by atoms with Crippen molar-refractivity contribution >= 4 is 38.8 Å². The Kier molecular flexibility index (Phi) is 4.16. The third kappa shape index (κ3) is 2.57. The average Bonchev–Trinajstić information content (AvgIpc) is 3.42. The number of hydrogen-bond donors (Lipinski definition) is 0. The highest BCUT2D eigenvalue weighted by Crippen LogP contribution is 2.45. The van der Waals surface area contributed by atoms with E-state index in [2.05, 4.69) is 106 Å². The molecule has 5 aromatic rings. The van der Waals surface area contributed by atoms with Gasteiger partial charge in [-0.1, -0.05) is 78.9 Å². The summed E-state index contributed by atoms with van der Waals surface area (Å²) >= 11 is 0. The molecule has 0 N–H and O–H groups in total. The largest absolute Gasteiger partial charge is 0.333 e. The number of fused-ring (bicyclic) bond motifs is 6. The van der Waals surface area contributed by atoms with Gasteiger partial charge in [-0.15, -0.1) is 0 Å². The molecule has 2 atom stereocenters. The Balaban J connectivity index is 1.58. The van der Waals surface area contributed by atoms with Gasteiger partial charge in [0.25, 0.3) is 0 Å². The summed E-state index contributed by atoms with van der Waals surface area (Å²) in [6.07, 6.45) is 12.5. The molecule has 3 aromatic carbocycles. The fourth-order valence-electron chi connectivity index (χ4n) is 6.08. The number of nitriles is 1. The van der Waals surface area contributed by atoms with Crippen LogP contribution in [0.3, 0.4) is 0 Å². The maximum absolute atomic E-state index is 9.98. The Labute approximate surface area is 198 Å². The van der Waals surface area contributed by atoms with Crippen molar-refractivity contribution in [1.29, 1.82) is 5.26 Å². The zero-order valence-electron chi connectivity index (χ0n) is 18.7. The van der Waals surface area contributed by atoms with Crippen molar-refractivity contribution in [1.82, 2.24) is 9.13 Å². The van der Waals surface area contributed by atoms with Crippen molar-refractivity contribution in [2.24, 2.45) is 0 Å². The summed E-state index contributed by atoms with van der Waals surface area (Å²) in [5.74, 6) is 0. The fraction of sp³-hybridized carbons (Fsp3) is 0.129. The first-order chi connectivity index (χ1) is 16.9. The minimum atomic E-state index is 0.00532. The van der Waals surface area contributed by atoms with Crippen molar-refractivity contribution in [2.75, 3.05) is 0 Å². The zero-order chi connectivity index (χ0) is 22.6. The van der Waals surface area contributed by atoms with Crippen LogP contribution in [0.5, 0.6) is 0 Å². The molecule has 0 bridgehead atoms. The van der Waals surface area contributed by atoms with Gasteiger partial charge in [-0.25, -0.2) is 0 Å². The molecule has 0 fully saturated rings. The van der Waals surface area contributed by atoms with E-state index < -0.39 is 0 Å². The van der Waals surface area contributed by atoms with Crippen LogP contribution in [0.15, 0.2) is 103 Å². The first-order valence-electron chi connectivity index (χ1n) is 11.9. The second-order valence-electron chi connectivity index (χ2n) is 9.16. The summed E-state index contributed by atoms with van der Waals surface area (Å²) in [5.41, 5.74) is 7.11. The predicted octanol–water partition coefficient (Wildman–Crippen LogP) is 7.71. The fourth-order valence-corrected chi connectivity index (χ4v) is 6.08. The van der Waals surface area contributed by atoms with E-state index in [0.29, 0.717) is 0 Å². The van der Waals surface area contributed by atoms with Crippen molar-refractivity contribution < 1.29 is 0 Å². The van der Waals surface area contributed by atoms with Crippen molar-refractivity contribution in [2.45, 2.75) is 24.9 Å². The molecule has 2 heterocycles. The molecule has 0 saturated carbocycles. The lowest BCUT2D eigenvalue weighted by Crippen LogP contribution is -2.22. The van der Waals surface area contributed by atoms with E-state index in [1.807, 2.05) is 12.2 Å². The topological polar surface area (TPSA) is 33.6 Å². The Morgan fingerprint density at radius 3 is 1.94 bits per heavy atom. The average molecular weight is 438 g/mol. The van der Waals surface area contributed by atoms with Crippen LogP contribution in [-0.2, 0) is 0 Å². The quantitative estimate of drug-likeness (QED) is 0.278. The van der Waals surface area contributed by atoms with Crippen molar-refractivity contribution in [3.63, 3.8) is 0 Å². The molecule has 162 valence electrons. The minimum Gasteiger partial charge on any atom is -0.333 e. The first kappa shape index (κ1) is 19.2. The third-order valence-corrected chi connectivity index (χ3v) is 7.45. The lowest BCUT2D eigenvalue weighted by Gasteiger charge is -2.30. The van der Waals surface area contributed by atoms with Crippen LogP contribution in [0.25, 0.3) is 38.8 Å². The van der Waals surface area contributed by atoms with Gasteiger partial charge in [-0.05, 0) is 37.1 Å². The molecule has 0 aliphatic heterocycles. The summed E-state index contributed by atoms with van der Waals surface area (Å²) in [7, 11) is 0. The molecular weight excluding hydrogens is 414 g/mol. The highest BCUT2D eigenvalue weighted by Gasteiger charge is 2.32. The van der Waals surface area contributed by atoms with E-state index in [-0.39, 0.29) is 12.1 Å². The SMILES string of the molecule is N#CC1=CC=CCC1n1c2c(c3ccccc31)C=CC[C@@H]2n1c2ccccc2c2ccccc21. The van der Waals surface area contributed by atoms with E-state index >= 15 is 0 Å². The molecule has 2 aliphatic rings. The molecular formula is C31H23N3. The maximum Gasteiger partial charge on any atom is 0.0969 e. The molecule has 3 heteroatoms. The second kappa shape index (κ2) is 7.37. The summed E-state index contributed by atoms with van der Waals surface area (Å²) in [4.78, 5) is 0. The van der Waals surface area contributed by atoms with E-state index in [9.17, 15) is 5.26 Å². The number of allylic oxidation sites excluding steroid dienone is 5. The van der Waals surface area contributed by atoms with E-state index in [1.165, 1.54) is 44.0 Å². The van der Waals surface area contributed by atoms with Gasteiger partial charge in [0.15, 0.2) is 0 Å². The molecule has 7 rings (SSSR count). The smallest absolute Gasteiger partial charge is 0.0969 e. The Bertz CT molecular complexity index is 1680. The number of hydrogen-bond acceptors (Lipinski definition) is 1. The maximum atomic E-state index is 9.98. The van der Waals surface area contributed by atoms with Crippen molar-refractivity contribution in [3.05, 3.63) is 114 Å². The normalized spacial score (nSPS) is 19.4. The number of aromatic nitrogens is 2. The van der Waals surface area contributed by atoms with Gasteiger partial charge in [-0.3, -0.25) is 0 Å². The number of nitrogens with zero attached hydrogens (tertiary/aromatic N) is 3. The summed E-state index contributed by atoms with van der Waals surface area (Å²) in [5, 5.41) is 13.8. The van der Waals surface area contributed by atoms with Crippen LogP contribution in [0, 0.1) is 11.3 Å². The van der Waals surface area contributed by atoms with Gasteiger partial charge in [0, 0.05) is 38.3 Å². The van der Waals surface area contributed by atoms with E-state index in [1.54, 1.807) is 0 Å². The Morgan fingerprint density at radius 2 is 1.26 bits per heavy atom. The highest BCUT2D eigenvalue weighted by atomic mass is 15.1. The molecule has 2 aromatic heterocycles. The third-order valence-electron chi connectivity index (χ3n) is 7.45. The van der Waals surface area contributed by atoms with Gasteiger partial charge >= 0.3 is 0 Å². The molecule has 0 spiro atoms. The molecule has 1 unspecified atom stereocenters. The summed E-state index contributed by atoms with van der Waals surface area (Å²) in [6.45, 7) is 0. The van der Waals surface area contributed by atoms with Crippen LogP contribution < -0.4 is 0 Å². The van der Waals surface area contributed by atoms with Crippen LogP contribution in [0.1, 0.15) is 36.2 Å². The van der Waals surface area contributed by atoms with Crippen molar-refractivity contribution in [3.8, 4) is 6.07 Å². The lowest BCUT2D eigenvalue weighted by molar-refractivity contribution is 0.518. The second-order valence-corrected chi connectivity index (χ2v) is 9.16. The lowest BCUT2D eigenvalue weighted by atomic mass is 9.95. The molecule has 2 aliphatic carbocycles. The predicted molar refractivity (Wildman–Crippen MR) is 140 cm³/mol. The van der Waals surface area contributed by atoms with Crippen LogP contribution >= 0.6 is 0 Å². The van der Waals surface area contributed by atoms with Gasteiger partial charge in [0.05, 0.1) is 29.4 Å². The number of benzene rings is 3. The minimum absolute atomic E-state index is 0.00532. The molecule has 0 saturated heterocycles. The molecule has 0 radical (unpaired) electrons. The van der Waals surface area contributed by atoms with Gasteiger partial charge < -0.3 is 9.13 Å². The van der Waals surface area contributed by atoms with Gasteiger partial charge in [0.1, 0.15) is 0 Å². The van der Waals surface area contributed by atoms with Crippen LogP contribution in [-0.4, -0.2) is 9.13 Å². The molecule has 0 amide bonds. The number of para-hydroxylation sites is 3. The first-order valence-corrected chi connectivity index (χ1v) is 11.9. The monoisotopic (exact) mass is 437 g/mol. The Hall–Kier alpha value is -4.29. The standard InChI is InChI=1S/C31H23N3/c32-20-21-10-1-5-15-26(21)34-29-18-8-4-13-24(29)25-14-9-19-30(31(25)34)33-27-16-6-2-11-22(27)23-12-3-7-17-28(23)33/h1-14,16-18,26,30H,15,19H2/t26?,30-/m0/s1. The van der Waals surface area contributed by atoms with E-state index in [4.69, 9.17) is 0 Å². The van der Waals surface area contributed by atoms with E-state index in [0.717, 1.165) is 18.4 Å². The zero-order valence-corrected chi connectivity index (χ0v) is 18.7. The van der Waals surface area contributed by atoms with Crippen LogP contribution in [0.2, 0.25) is 0 Å².